The van der Waals surface area contributed by atoms with Gasteiger partial charge in [0.25, 0.3) is 0 Å². The summed E-state index contributed by atoms with van der Waals surface area (Å²) < 4.78 is 7.96. The fourth-order valence-corrected chi connectivity index (χ4v) is 3.45. The van der Waals surface area contributed by atoms with E-state index in [1.165, 1.54) is 4.88 Å². The van der Waals surface area contributed by atoms with Crippen molar-refractivity contribution in [3.8, 4) is 11.3 Å². The van der Waals surface area contributed by atoms with E-state index in [2.05, 4.69) is 45.3 Å². The molecule has 1 aromatic carbocycles. The molecule has 4 rings (SSSR count). The monoisotopic (exact) mass is 326 g/mol. The Morgan fingerprint density at radius 3 is 2.96 bits per heavy atom. The maximum absolute atomic E-state index is 5.98. The third-order valence-electron chi connectivity index (χ3n) is 3.97. The summed E-state index contributed by atoms with van der Waals surface area (Å²) in [4.78, 5) is 1.34. The molecule has 23 heavy (non-hydrogen) atoms. The second kappa shape index (κ2) is 6.62. The summed E-state index contributed by atoms with van der Waals surface area (Å²) in [5, 5.41) is 14.2. The molecule has 3 aromatic rings. The summed E-state index contributed by atoms with van der Waals surface area (Å²) in [7, 11) is 0. The van der Waals surface area contributed by atoms with Gasteiger partial charge < -0.3 is 10.1 Å². The zero-order valence-corrected chi connectivity index (χ0v) is 13.5. The van der Waals surface area contributed by atoms with Gasteiger partial charge in [0.2, 0.25) is 0 Å². The minimum absolute atomic E-state index is 0.132. The van der Waals surface area contributed by atoms with Gasteiger partial charge in [0.1, 0.15) is 5.69 Å². The summed E-state index contributed by atoms with van der Waals surface area (Å²) in [5.74, 6) is 0. The highest BCUT2D eigenvalue weighted by atomic mass is 32.1. The van der Waals surface area contributed by atoms with Crippen molar-refractivity contribution in [2.75, 3.05) is 6.54 Å². The maximum atomic E-state index is 5.98. The van der Waals surface area contributed by atoms with Gasteiger partial charge in [-0.25, -0.2) is 4.68 Å². The van der Waals surface area contributed by atoms with Crippen molar-refractivity contribution >= 4 is 11.3 Å². The summed E-state index contributed by atoms with van der Waals surface area (Å²) in [6, 6.07) is 14.4. The standard InChI is InChI=1S/C17H18N4OS/c1-2-5-13(6-3-1)17-16-12-22-14(11-21(16)20-19-17)9-18-10-15-7-4-8-23-15/h1-8,14,18H,9-12H2. The van der Waals surface area contributed by atoms with Crippen LogP contribution in [-0.2, 0) is 24.4 Å². The number of benzene rings is 1. The summed E-state index contributed by atoms with van der Waals surface area (Å²) in [5.41, 5.74) is 3.08. The lowest BCUT2D eigenvalue weighted by Gasteiger charge is -2.24. The Labute approximate surface area is 138 Å². The quantitative estimate of drug-likeness (QED) is 0.783. The smallest absolute Gasteiger partial charge is 0.118 e. The van der Waals surface area contributed by atoms with Crippen LogP contribution in [0.1, 0.15) is 10.6 Å². The van der Waals surface area contributed by atoms with E-state index in [1.807, 2.05) is 22.9 Å². The van der Waals surface area contributed by atoms with Gasteiger partial charge in [-0.1, -0.05) is 41.6 Å². The van der Waals surface area contributed by atoms with E-state index in [0.29, 0.717) is 6.61 Å². The predicted molar refractivity (Wildman–Crippen MR) is 90.1 cm³/mol. The van der Waals surface area contributed by atoms with Crippen molar-refractivity contribution in [3.05, 3.63) is 58.4 Å². The summed E-state index contributed by atoms with van der Waals surface area (Å²) >= 11 is 1.77. The molecule has 1 unspecified atom stereocenters. The molecule has 1 N–H and O–H groups in total. The molecule has 2 aromatic heterocycles. The van der Waals surface area contributed by atoms with Crippen LogP contribution >= 0.6 is 11.3 Å². The van der Waals surface area contributed by atoms with E-state index in [4.69, 9.17) is 4.74 Å². The van der Waals surface area contributed by atoms with Gasteiger partial charge in [-0.05, 0) is 11.4 Å². The maximum Gasteiger partial charge on any atom is 0.118 e. The van der Waals surface area contributed by atoms with Crippen molar-refractivity contribution in [2.45, 2.75) is 25.8 Å². The van der Waals surface area contributed by atoms with Gasteiger partial charge in [0.05, 0.1) is 24.9 Å². The van der Waals surface area contributed by atoms with E-state index in [-0.39, 0.29) is 6.10 Å². The lowest BCUT2D eigenvalue weighted by atomic mass is 10.1. The molecule has 1 aliphatic heterocycles. The highest BCUT2D eigenvalue weighted by Crippen LogP contribution is 2.24. The fourth-order valence-electron chi connectivity index (χ4n) is 2.78. The molecule has 0 amide bonds. The lowest BCUT2D eigenvalue weighted by molar-refractivity contribution is 0.00128. The van der Waals surface area contributed by atoms with E-state index >= 15 is 0 Å². The first-order valence-electron chi connectivity index (χ1n) is 7.72. The Balaban J connectivity index is 1.39. The van der Waals surface area contributed by atoms with Gasteiger partial charge in [0, 0.05) is 23.5 Å². The Morgan fingerprint density at radius 2 is 2.13 bits per heavy atom. The zero-order chi connectivity index (χ0) is 15.5. The van der Waals surface area contributed by atoms with Crippen LogP contribution in [0.25, 0.3) is 11.3 Å². The van der Waals surface area contributed by atoms with Crippen LogP contribution in [0, 0.1) is 0 Å². The second-order valence-electron chi connectivity index (χ2n) is 5.58. The minimum atomic E-state index is 0.132. The Bertz CT molecular complexity index is 754. The molecule has 0 aliphatic carbocycles. The topological polar surface area (TPSA) is 52.0 Å². The van der Waals surface area contributed by atoms with Crippen molar-refractivity contribution in [3.63, 3.8) is 0 Å². The van der Waals surface area contributed by atoms with Crippen LogP contribution < -0.4 is 5.32 Å². The third kappa shape index (κ3) is 3.19. The van der Waals surface area contributed by atoms with Crippen molar-refractivity contribution in [1.29, 1.82) is 0 Å². The Hall–Kier alpha value is -2.02. The van der Waals surface area contributed by atoms with Crippen LogP contribution in [0.2, 0.25) is 0 Å². The molecule has 0 spiro atoms. The molecule has 0 saturated carbocycles. The summed E-state index contributed by atoms with van der Waals surface area (Å²) in [6.07, 6.45) is 0.132. The number of aromatic nitrogens is 3. The predicted octanol–water partition coefficient (Wildman–Crippen LogP) is 2.70. The average molecular weight is 326 g/mol. The average Bonchev–Trinajstić information content (AvgIpc) is 3.25. The molecule has 0 bridgehead atoms. The molecular formula is C17H18N4OS. The van der Waals surface area contributed by atoms with Gasteiger partial charge in [-0.3, -0.25) is 0 Å². The van der Waals surface area contributed by atoms with Crippen LogP contribution in [0.4, 0.5) is 0 Å². The third-order valence-corrected chi connectivity index (χ3v) is 4.84. The highest BCUT2D eigenvalue weighted by Gasteiger charge is 2.24. The first-order chi connectivity index (χ1) is 11.4. The normalized spacial score (nSPS) is 17.1. The Kier molecular flexibility index (Phi) is 4.19. The molecular weight excluding hydrogens is 308 g/mol. The number of thiophene rings is 1. The minimum Gasteiger partial charge on any atom is -0.369 e. The number of ether oxygens (including phenoxy) is 1. The molecule has 3 heterocycles. The van der Waals surface area contributed by atoms with Crippen molar-refractivity contribution < 1.29 is 4.74 Å². The van der Waals surface area contributed by atoms with E-state index in [1.54, 1.807) is 11.3 Å². The molecule has 1 atom stereocenters. The van der Waals surface area contributed by atoms with E-state index < -0.39 is 0 Å². The largest absolute Gasteiger partial charge is 0.369 e. The molecule has 1 aliphatic rings. The number of rotatable bonds is 5. The van der Waals surface area contributed by atoms with Crippen LogP contribution in [0.15, 0.2) is 47.8 Å². The number of nitrogens with one attached hydrogen (secondary N) is 1. The number of fused-ring (bicyclic) bond motifs is 1. The highest BCUT2D eigenvalue weighted by molar-refractivity contribution is 7.09. The number of hydrogen-bond donors (Lipinski definition) is 1. The molecule has 0 saturated heterocycles. The number of hydrogen-bond acceptors (Lipinski definition) is 5. The molecule has 118 valence electrons. The molecule has 0 fully saturated rings. The zero-order valence-electron chi connectivity index (χ0n) is 12.7. The second-order valence-corrected chi connectivity index (χ2v) is 6.61. The molecule has 0 radical (unpaired) electrons. The van der Waals surface area contributed by atoms with Crippen molar-refractivity contribution in [1.82, 2.24) is 20.3 Å². The van der Waals surface area contributed by atoms with Crippen LogP contribution in [-0.4, -0.2) is 27.6 Å². The fraction of sp³-hybridized carbons (Fsp3) is 0.294. The van der Waals surface area contributed by atoms with Crippen LogP contribution in [0.3, 0.4) is 0 Å². The van der Waals surface area contributed by atoms with Crippen LogP contribution in [0.5, 0.6) is 0 Å². The number of nitrogens with zero attached hydrogens (tertiary/aromatic N) is 3. The van der Waals surface area contributed by atoms with Gasteiger partial charge in [0.15, 0.2) is 0 Å². The summed E-state index contributed by atoms with van der Waals surface area (Å²) in [6.45, 7) is 3.00. The first kappa shape index (κ1) is 14.6. The molecule has 5 nitrogen and oxygen atoms in total. The van der Waals surface area contributed by atoms with Gasteiger partial charge in [-0.15, -0.1) is 16.4 Å². The first-order valence-corrected chi connectivity index (χ1v) is 8.60. The van der Waals surface area contributed by atoms with Gasteiger partial charge in [-0.2, -0.15) is 0 Å². The van der Waals surface area contributed by atoms with Gasteiger partial charge >= 0.3 is 0 Å². The lowest BCUT2D eigenvalue weighted by Crippen LogP contribution is -2.36. The SMILES string of the molecule is c1ccc(-c2nnn3c2COC(CNCc2cccs2)C3)cc1. The van der Waals surface area contributed by atoms with Crippen molar-refractivity contribution in [2.24, 2.45) is 0 Å². The molecule has 6 heteroatoms. The van der Waals surface area contributed by atoms with E-state index in [0.717, 1.165) is 36.6 Å². The van der Waals surface area contributed by atoms with E-state index in [9.17, 15) is 0 Å². The Morgan fingerprint density at radius 1 is 1.22 bits per heavy atom.